The van der Waals surface area contributed by atoms with Gasteiger partial charge in [-0.2, -0.15) is 4.31 Å². The Morgan fingerprint density at radius 2 is 1.55 bits per heavy atom. The SMILES string of the molecule is Cc1cccc(CN(C(=O)CN(C)S(=O)(=O)c2ccc(Cl)cc2)C(Cc2ccccc2)C(=O)NC(C)C)c1. The molecule has 0 fully saturated rings. The number of amides is 2. The molecular weight excluding hydrogens is 522 g/mol. The minimum absolute atomic E-state index is 0.0285. The topological polar surface area (TPSA) is 86.8 Å². The van der Waals surface area contributed by atoms with E-state index in [-0.39, 0.29) is 29.8 Å². The summed E-state index contributed by atoms with van der Waals surface area (Å²) in [7, 11) is -2.61. The van der Waals surface area contributed by atoms with Crippen LogP contribution in [0.3, 0.4) is 0 Å². The lowest BCUT2D eigenvalue weighted by Gasteiger charge is -2.33. The molecule has 1 atom stereocenters. The number of hydrogen-bond donors (Lipinski definition) is 1. The van der Waals surface area contributed by atoms with Crippen molar-refractivity contribution < 1.29 is 18.0 Å². The van der Waals surface area contributed by atoms with Crippen LogP contribution in [0.5, 0.6) is 0 Å². The standard InChI is InChI=1S/C29H34ClN3O4S/c1-21(2)31-29(35)27(18-23-10-6-5-7-11-23)33(19-24-12-8-9-22(3)17-24)28(34)20-32(4)38(36,37)26-15-13-25(30)14-16-26/h5-17,21,27H,18-20H2,1-4H3,(H,31,35). The Labute approximate surface area is 230 Å². The first-order valence-corrected chi connectivity index (χ1v) is 14.2. The summed E-state index contributed by atoms with van der Waals surface area (Å²) >= 11 is 5.92. The average molecular weight is 556 g/mol. The molecule has 0 radical (unpaired) electrons. The normalized spacial score (nSPS) is 12.4. The van der Waals surface area contributed by atoms with Crippen LogP contribution in [0.15, 0.2) is 83.8 Å². The van der Waals surface area contributed by atoms with Gasteiger partial charge in [-0.15, -0.1) is 0 Å². The molecule has 9 heteroatoms. The summed E-state index contributed by atoms with van der Waals surface area (Å²) < 4.78 is 27.4. The molecule has 202 valence electrons. The molecule has 0 aliphatic heterocycles. The number of nitrogens with zero attached hydrogens (tertiary/aromatic N) is 2. The van der Waals surface area contributed by atoms with E-state index in [2.05, 4.69) is 5.32 Å². The highest BCUT2D eigenvalue weighted by molar-refractivity contribution is 7.89. The van der Waals surface area contributed by atoms with Crippen LogP contribution in [-0.2, 0) is 32.6 Å². The Morgan fingerprint density at radius 3 is 2.16 bits per heavy atom. The number of likely N-dealkylation sites (N-methyl/N-ethyl adjacent to an activating group) is 1. The summed E-state index contributed by atoms with van der Waals surface area (Å²) in [6.07, 6.45) is 0.282. The van der Waals surface area contributed by atoms with Crippen LogP contribution in [-0.4, -0.2) is 55.1 Å². The first-order chi connectivity index (χ1) is 18.0. The molecule has 0 spiro atoms. The fraction of sp³-hybridized carbons (Fsp3) is 0.310. The zero-order valence-electron chi connectivity index (χ0n) is 22.1. The van der Waals surface area contributed by atoms with E-state index >= 15 is 0 Å². The van der Waals surface area contributed by atoms with Crippen molar-refractivity contribution in [2.75, 3.05) is 13.6 Å². The molecule has 0 saturated carbocycles. The van der Waals surface area contributed by atoms with Crippen LogP contribution in [0.2, 0.25) is 5.02 Å². The average Bonchev–Trinajstić information content (AvgIpc) is 2.86. The molecule has 1 unspecified atom stereocenters. The van der Waals surface area contributed by atoms with Crippen LogP contribution < -0.4 is 5.32 Å². The van der Waals surface area contributed by atoms with Crippen LogP contribution in [0, 0.1) is 6.92 Å². The van der Waals surface area contributed by atoms with E-state index in [1.807, 2.05) is 75.4 Å². The minimum atomic E-state index is -3.96. The van der Waals surface area contributed by atoms with Crippen molar-refractivity contribution in [1.82, 2.24) is 14.5 Å². The largest absolute Gasteiger partial charge is 0.352 e. The Hall–Kier alpha value is -3.20. The number of sulfonamides is 1. The lowest BCUT2D eigenvalue weighted by Crippen LogP contribution is -2.53. The van der Waals surface area contributed by atoms with Crippen molar-refractivity contribution in [1.29, 1.82) is 0 Å². The molecule has 0 bridgehead atoms. The quantitative estimate of drug-likeness (QED) is 0.379. The lowest BCUT2D eigenvalue weighted by atomic mass is 10.0. The molecule has 0 aromatic heterocycles. The molecule has 0 heterocycles. The van der Waals surface area contributed by atoms with Gasteiger partial charge in [0.2, 0.25) is 21.8 Å². The van der Waals surface area contributed by atoms with Crippen molar-refractivity contribution in [3.63, 3.8) is 0 Å². The highest BCUT2D eigenvalue weighted by Crippen LogP contribution is 2.20. The van der Waals surface area contributed by atoms with Crippen LogP contribution >= 0.6 is 11.6 Å². The molecule has 3 aromatic carbocycles. The van der Waals surface area contributed by atoms with E-state index in [1.165, 1.54) is 36.2 Å². The number of carbonyl (C=O) groups excluding carboxylic acids is 2. The number of rotatable bonds is 11. The van der Waals surface area contributed by atoms with Crippen molar-refractivity contribution >= 4 is 33.4 Å². The maximum atomic E-state index is 13.8. The molecule has 7 nitrogen and oxygen atoms in total. The molecule has 0 saturated heterocycles. The Morgan fingerprint density at radius 1 is 0.921 bits per heavy atom. The van der Waals surface area contributed by atoms with Crippen molar-refractivity contribution in [2.24, 2.45) is 0 Å². The van der Waals surface area contributed by atoms with Crippen LogP contribution in [0.4, 0.5) is 0 Å². The first kappa shape index (κ1) is 29.4. The van der Waals surface area contributed by atoms with Crippen LogP contribution in [0.25, 0.3) is 0 Å². The van der Waals surface area contributed by atoms with Crippen molar-refractivity contribution in [3.8, 4) is 0 Å². The van der Waals surface area contributed by atoms with Gasteiger partial charge in [-0.1, -0.05) is 71.8 Å². The smallest absolute Gasteiger partial charge is 0.243 e. The fourth-order valence-corrected chi connectivity index (χ4v) is 5.34. The summed E-state index contributed by atoms with van der Waals surface area (Å²) in [5.74, 6) is -0.778. The molecule has 0 aliphatic carbocycles. The monoisotopic (exact) mass is 555 g/mol. The maximum absolute atomic E-state index is 13.8. The molecule has 1 N–H and O–H groups in total. The van der Waals surface area contributed by atoms with Gasteiger partial charge in [-0.25, -0.2) is 8.42 Å². The van der Waals surface area contributed by atoms with Gasteiger partial charge in [0.1, 0.15) is 6.04 Å². The number of hydrogen-bond acceptors (Lipinski definition) is 4. The van der Waals surface area contributed by atoms with Crippen LogP contribution in [0.1, 0.15) is 30.5 Å². The molecule has 0 aliphatic rings. The van der Waals surface area contributed by atoms with Gasteiger partial charge in [0, 0.05) is 31.1 Å². The van der Waals surface area contributed by atoms with Gasteiger partial charge in [0.25, 0.3) is 0 Å². The Bertz CT molecular complexity index is 1350. The second-order valence-corrected chi connectivity index (χ2v) is 12.1. The lowest BCUT2D eigenvalue weighted by molar-refractivity contribution is -0.141. The summed E-state index contributed by atoms with van der Waals surface area (Å²) in [6.45, 7) is 5.39. The molecule has 2 amide bonds. The third-order valence-corrected chi connectivity index (χ3v) is 8.09. The van der Waals surface area contributed by atoms with Crippen molar-refractivity contribution in [2.45, 2.75) is 50.7 Å². The highest BCUT2D eigenvalue weighted by atomic mass is 35.5. The van der Waals surface area contributed by atoms with Gasteiger partial charge < -0.3 is 10.2 Å². The predicted molar refractivity (Wildman–Crippen MR) is 150 cm³/mol. The van der Waals surface area contributed by atoms with E-state index < -0.39 is 28.5 Å². The van der Waals surface area contributed by atoms with E-state index in [1.54, 1.807) is 0 Å². The number of halogens is 1. The summed E-state index contributed by atoms with van der Waals surface area (Å²) in [5.41, 5.74) is 2.75. The summed E-state index contributed by atoms with van der Waals surface area (Å²) in [5, 5.41) is 3.34. The van der Waals surface area contributed by atoms with E-state index in [0.717, 1.165) is 21.0 Å². The van der Waals surface area contributed by atoms with E-state index in [9.17, 15) is 18.0 Å². The molecule has 38 heavy (non-hydrogen) atoms. The first-order valence-electron chi connectivity index (χ1n) is 12.4. The predicted octanol–water partition coefficient (Wildman–Crippen LogP) is 4.43. The number of carbonyl (C=O) groups is 2. The van der Waals surface area contributed by atoms with Gasteiger partial charge in [-0.05, 0) is 56.2 Å². The number of benzene rings is 3. The van der Waals surface area contributed by atoms with E-state index in [0.29, 0.717) is 5.02 Å². The zero-order valence-corrected chi connectivity index (χ0v) is 23.7. The van der Waals surface area contributed by atoms with Crippen molar-refractivity contribution in [3.05, 3.63) is 101 Å². The maximum Gasteiger partial charge on any atom is 0.243 e. The second-order valence-electron chi connectivity index (χ2n) is 9.59. The number of aryl methyl sites for hydroxylation is 1. The van der Waals surface area contributed by atoms with Gasteiger partial charge >= 0.3 is 0 Å². The number of nitrogens with one attached hydrogen (secondary N) is 1. The third-order valence-electron chi connectivity index (χ3n) is 6.02. The molecule has 3 rings (SSSR count). The summed E-state index contributed by atoms with van der Waals surface area (Å²) in [4.78, 5) is 28.8. The zero-order chi connectivity index (χ0) is 27.9. The summed E-state index contributed by atoms with van der Waals surface area (Å²) in [6, 6.07) is 21.9. The second kappa shape index (κ2) is 13.0. The minimum Gasteiger partial charge on any atom is -0.352 e. The van der Waals surface area contributed by atoms with E-state index in [4.69, 9.17) is 11.6 Å². The van der Waals surface area contributed by atoms with Gasteiger partial charge in [0.15, 0.2) is 0 Å². The molecule has 3 aromatic rings. The van der Waals surface area contributed by atoms with Gasteiger partial charge in [0.05, 0.1) is 11.4 Å². The Balaban J connectivity index is 1.97. The van der Waals surface area contributed by atoms with Gasteiger partial charge in [-0.3, -0.25) is 9.59 Å². The fourth-order valence-electron chi connectivity index (χ4n) is 4.09. The third kappa shape index (κ3) is 7.90. The highest BCUT2D eigenvalue weighted by Gasteiger charge is 2.33. The Kier molecular flexibility index (Phi) is 10.1. The molecular formula is C29H34ClN3O4S.